The van der Waals surface area contributed by atoms with Gasteiger partial charge in [0, 0.05) is 33.9 Å². The predicted octanol–water partition coefficient (Wildman–Crippen LogP) is 3.25. The van der Waals surface area contributed by atoms with E-state index in [2.05, 4.69) is 0 Å². The van der Waals surface area contributed by atoms with Gasteiger partial charge in [0.15, 0.2) is 17.1 Å². The lowest BCUT2D eigenvalue weighted by atomic mass is 9.81. The van der Waals surface area contributed by atoms with E-state index in [0.717, 1.165) is 0 Å². The number of phenols is 2. The Labute approximate surface area is 207 Å². The van der Waals surface area contributed by atoms with Crippen LogP contribution in [0.3, 0.4) is 0 Å². The highest BCUT2D eigenvalue weighted by Gasteiger charge is 2.40. The van der Waals surface area contributed by atoms with Crippen molar-refractivity contribution in [2.24, 2.45) is 0 Å². The molecule has 0 radical (unpaired) electrons. The predicted molar refractivity (Wildman–Crippen MR) is 128 cm³/mol. The fraction of sp³-hybridized carbons (Fsp3) is 0.185. The molecule has 37 heavy (non-hydrogen) atoms. The number of carbonyl (C=O) groups is 3. The van der Waals surface area contributed by atoms with E-state index < -0.39 is 46.1 Å². The summed E-state index contributed by atoms with van der Waals surface area (Å²) in [6.45, 7) is 1.64. The largest absolute Gasteiger partial charge is 0.507 e. The molecule has 1 atom stereocenters. The minimum Gasteiger partial charge on any atom is -0.507 e. The zero-order chi connectivity index (χ0) is 26.3. The monoisotopic (exact) mass is 502 g/mol. The number of ketones is 2. The number of rotatable bonds is 2. The van der Waals surface area contributed by atoms with Gasteiger partial charge in [-0.3, -0.25) is 14.4 Å². The van der Waals surface area contributed by atoms with Gasteiger partial charge in [-0.25, -0.2) is 4.79 Å². The Kier molecular flexibility index (Phi) is 4.62. The Balaban J connectivity index is 1.73. The molecule has 1 aliphatic carbocycles. The Bertz CT molecular complexity index is 1810. The van der Waals surface area contributed by atoms with Crippen LogP contribution in [0.1, 0.15) is 54.9 Å². The minimum atomic E-state index is -0.914. The summed E-state index contributed by atoms with van der Waals surface area (Å²) in [5, 5.41) is 21.9. The molecule has 0 fully saturated rings. The summed E-state index contributed by atoms with van der Waals surface area (Å²) in [5.41, 5.74) is -2.07. The third-order valence-corrected chi connectivity index (χ3v) is 6.84. The fourth-order valence-electron chi connectivity index (χ4n) is 5.20. The van der Waals surface area contributed by atoms with Crippen LogP contribution >= 0.6 is 0 Å². The molecule has 1 aliphatic heterocycles. The standard InChI is InChI=1S/C27H18O10/c1-9-8-12-17(27(33)36-9)22(30)15-10(20(12)28)4-5-11-16(15)23(31)19-24(32)18-13(34-2)6-7-14(35-3)25(18)37-26(19)21(11)29/h4-7,9,28,30H,8H2,1-3H3. The molecule has 0 saturated heterocycles. The third-order valence-electron chi connectivity index (χ3n) is 6.84. The number of phenolic OH excluding ortho intramolecular Hbond substituents is 2. The maximum Gasteiger partial charge on any atom is 0.342 e. The van der Waals surface area contributed by atoms with Gasteiger partial charge in [-0.15, -0.1) is 0 Å². The number of hydrogen-bond acceptors (Lipinski definition) is 10. The van der Waals surface area contributed by atoms with E-state index >= 15 is 0 Å². The second-order valence-electron chi connectivity index (χ2n) is 8.85. The molecule has 1 unspecified atom stereocenters. The van der Waals surface area contributed by atoms with Gasteiger partial charge in [0.25, 0.3) is 0 Å². The van der Waals surface area contributed by atoms with Gasteiger partial charge >= 0.3 is 5.97 Å². The van der Waals surface area contributed by atoms with E-state index in [9.17, 15) is 29.4 Å². The van der Waals surface area contributed by atoms with Crippen LogP contribution in [0.5, 0.6) is 23.0 Å². The van der Waals surface area contributed by atoms with Crippen LogP contribution < -0.4 is 14.9 Å². The first-order chi connectivity index (χ1) is 17.7. The van der Waals surface area contributed by atoms with Crippen molar-refractivity contribution in [1.29, 1.82) is 0 Å². The molecule has 1 aromatic heterocycles. The molecule has 186 valence electrons. The average Bonchev–Trinajstić information content (AvgIpc) is 2.88. The van der Waals surface area contributed by atoms with Crippen molar-refractivity contribution in [2.75, 3.05) is 14.2 Å². The molecule has 2 N–H and O–H groups in total. The summed E-state index contributed by atoms with van der Waals surface area (Å²) in [6, 6.07) is 5.64. The number of benzene rings is 3. The highest BCUT2D eigenvalue weighted by atomic mass is 16.5. The van der Waals surface area contributed by atoms with Crippen molar-refractivity contribution >= 4 is 39.3 Å². The maximum atomic E-state index is 13.9. The van der Waals surface area contributed by atoms with Gasteiger partial charge in [0.1, 0.15) is 39.9 Å². The number of methoxy groups -OCH3 is 2. The summed E-state index contributed by atoms with van der Waals surface area (Å²) in [6.07, 6.45) is -0.402. The van der Waals surface area contributed by atoms with E-state index in [1.807, 2.05) is 0 Å². The van der Waals surface area contributed by atoms with Crippen LogP contribution in [0, 0.1) is 0 Å². The second-order valence-corrected chi connectivity index (χ2v) is 8.85. The molecule has 0 spiro atoms. The van der Waals surface area contributed by atoms with Crippen LogP contribution in [0.15, 0.2) is 33.5 Å². The van der Waals surface area contributed by atoms with Crippen LogP contribution in [-0.2, 0) is 11.2 Å². The zero-order valence-electron chi connectivity index (χ0n) is 19.8. The van der Waals surface area contributed by atoms with Crippen molar-refractivity contribution in [3.05, 3.63) is 68.1 Å². The molecule has 10 heteroatoms. The lowest BCUT2D eigenvalue weighted by molar-refractivity contribution is 0.0294. The molecule has 0 saturated carbocycles. The van der Waals surface area contributed by atoms with Crippen LogP contribution in [0.2, 0.25) is 0 Å². The Morgan fingerprint density at radius 1 is 0.838 bits per heavy atom. The summed E-state index contributed by atoms with van der Waals surface area (Å²) in [4.78, 5) is 53.7. The van der Waals surface area contributed by atoms with E-state index in [-0.39, 0.29) is 67.7 Å². The van der Waals surface area contributed by atoms with Gasteiger partial charge < -0.3 is 28.8 Å². The second kappa shape index (κ2) is 7.57. The molecule has 6 rings (SSSR count). The number of aromatic hydroxyl groups is 2. The molecule has 0 amide bonds. The lowest BCUT2D eigenvalue weighted by Crippen LogP contribution is -2.29. The molecule has 10 nitrogen and oxygen atoms in total. The molecular formula is C27H18O10. The van der Waals surface area contributed by atoms with Crippen molar-refractivity contribution < 1.29 is 43.2 Å². The van der Waals surface area contributed by atoms with Crippen LogP contribution in [0.25, 0.3) is 21.7 Å². The minimum absolute atomic E-state index is 0.0472. The smallest absolute Gasteiger partial charge is 0.342 e. The summed E-state index contributed by atoms with van der Waals surface area (Å²) in [5.74, 6) is -3.76. The van der Waals surface area contributed by atoms with E-state index in [1.165, 1.54) is 38.5 Å². The van der Waals surface area contributed by atoms with Gasteiger partial charge in [-0.2, -0.15) is 0 Å². The molecular weight excluding hydrogens is 484 g/mol. The van der Waals surface area contributed by atoms with Crippen molar-refractivity contribution in [3.8, 4) is 23.0 Å². The molecule has 2 heterocycles. The van der Waals surface area contributed by atoms with Gasteiger partial charge in [0.05, 0.1) is 14.2 Å². The Morgan fingerprint density at radius 3 is 2.24 bits per heavy atom. The molecule has 0 bridgehead atoms. The highest BCUT2D eigenvalue weighted by molar-refractivity contribution is 6.33. The van der Waals surface area contributed by atoms with Gasteiger partial charge in [0.2, 0.25) is 17.0 Å². The fourth-order valence-corrected chi connectivity index (χ4v) is 5.20. The van der Waals surface area contributed by atoms with E-state index in [4.69, 9.17) is 18.6 Å². The van der Waals surface area contributed by atoms with Crippen LogP contribution in [0.4, 0.5) is 0 Å². The zero-order valence-corrected chi connectivity index (χ0v) is 19.8. The van der Waals surface area contributed by atoms with Crippen molar-refractivity contribution in [2.45, 2.75) is 19.4 Å². The number of hydrogen-bond donors (Lipinski definition) is 2. The quantitative estimate of drug-likeness (QED) is 0.272. The molecule has 2 aliphatic rings. The Morgan fingerprint density at radius 2 is 1.54 bits per heavy atom. The lowest BCUT2D eigenvalue weighted by Gasteiger charge is -2.26. The average molecular weight is 502 g/mol. The number of fused-ring (bicyclic) bond motifs is 6. The number of carbonyl (C=O) groups excluding carboxylic acids is 3. The first-order valence-electron chi connectivity index (χ1n) is 11.2. The summed E-state index contributed by atoms with van der Waals surface area (Å²) < 4.78 is 21.6. The number of ether oxygens (including phenoxy) is 3. The van der Waals surface area contributed by atoms with E-state index in [1.54, 1.807) is 6.92 Å². The van der Waals surface area contributed by atoms with Crippen molar-refractivity contribution in [1.82, 2.24) is 0 Å². The maximum absolute atomic E-state index is 13.9. The van der Waals surface area contributed by atoms with Gasteiger partial charge in [-0.05, 0) is 31.2 Å². The Hall–Kier alpha value is -4.86. The molecule has 3 aromatic carbocycles. The van der Waals surface area contributed by atoms with Crippen LogP contribution in [-0.4, -0.2) is 48.1 Å². The van der Waals surface area contributed by atoms with E-state index in [0.29, 0.717) is 0 Å². The van der Waals surface area contributed by atoms with Gasteiger partial charge in [-0.1, -0.05) is 0 Å². The SMILES string of the molecule is COc1ccc(OC)c2c(=O)c3c(oc12)C(=O)c1ccc2c(O)c4c(c(O)c2c1C3=O)C(=O)OC(C)C4. The molecule has 4 aromatic rings. The summed E-state index contributed by atoms with van der Waals surface area (Å²) in [7, 11) is 2.69. The number of cyclic esters (lactones) is 1. The number of esters is 1. The normalized spacial score (nSPS) is 16.3. The summed E-state index contributed by atoms with van der Waals surface area (Å²) >= 11 is 0. The first-order valence-corrected chi connectivity index (χ1v) is 11.2. The van der Waals surface area contributed by atoms with Crippen molar-refractivity contribution in [3.63, 3.8) is 0 Å². The first kappa shape index (κ1) is 22.6. The highest BCUT2D eigenvalue weighted by Crippen LogP contribution is 2.46. The topological polar surface area (TPSA) is 150 Å². The third kappa shape index (κ3) is 2.80.